The molecule has 0 saturated carbocycles. The molecule has 2 rings (SSSR count). The maximum Gasteiger partial charge on any atom is 0.238 e. The summed E-state index contributed by atoms with van der Waals surface area (Å²) in [6.07, 6.45) is 4.89. The number of amides is 1. The summed E-state index contributed by atoms with van der Waals surface area (Å²) >= 11 is 5.00. The molecule has 5 heteroatoms. The molecule has 3 N–H and O–H groups in total. The van der Waals surface area contributed by atoms with Gasteiger partial charge in [0.25, 0.3) is 0 Å². The Hall–Kier alpha value is -1.46. The van der Waals surface area contributed by atoms with Gasteiger partial charge in [-0.3, -0.25) is 9.69 Å². The van der Waals surface area contributed by atoms with Crippen molar-refractivity contribution < 1.29 is 4.79 Å². The van der Waals surface area contributed by atoms with E-state index in [-0.39, 0.29) is 5.91 Å². The molecule has 1 fully saturated rings. The molecule has 20 heavy (non-hydrogen) atoms. The first-order chi connectivity index (χ1) is 9.66. The van der Waals surface area contributed by atoms with Crippen LogP contribution in [0.25, 0.3) is 0 Å². The van der Waals surface area contributed by atoms with Crippen LogP contribution in [-0.4, -0.2) is 35.4 Å². The third-order valence-electron chi connectivity index (χ3n) is 3.53. The maximum atomic E-state index is 12.1. The smallest absolute Gasteiger partial charge is 0.238 e. The van der Waals surface area contributed by atoms with Gasteiger partial charge in [0.05, 0.1) is 12.2 Å². The Labute approximate surface area is 125 Å². The van der Waals surface area contributed by atoms with E-state index >= 15 is 0 Å². The zero-order valence-corrected chi connectivity index (χ0v) is 12.4. The molecule has 1 aliphatic rings. The highest BCUT2D eigenvalue weighted by molar-refractivity contribution is 7.80. The van der Waals surface area contributed by atoms with Crippen LogP contribution in [0.2, 0.25) is 0 Å². The van der Waals surface area contributed by atoms with Crippen LogP contribution in [0.15, 0.2) is 24.3 Å². The minimum Gasteiger partial charge on any atom is -0.389 e. The maximum absolute atomic E-state index is 12.1. The molecular formula is C15H21N3OS. The Balaban J connectivity index is 1.95. The van der Waals surface area contributed by atoms with E-state index < -0.39 is 0 Å². The second-order valence-corrected chi connectivity index (χ2v) is 5.59. The summed E-state index contributed by atoms with van der Waals surface area (Å²) in [7, 11) is 0. The van der Waals surface area contributed by atoms with Gasteiger partial charge in [-0.2, -0.15) is 0 Å². The Morgan fingerprint density at radius 2 is 1.85 bits per heavy atom. The Bertz CT molecular complexity index is 482. The van der Waals surface area contributed by atoms with Crippen molar-refractivity contribution in [1.82, 2.24) is 4.90 Å². The lowest BCUT2D eigenvalue weighted by atomic mass is 10.2. The highest BCUT2D eigenvalue weighted by Crippen LogP contribution is 2.15. The van der Waals surface area contributed by atoms with Crippen LogP contribution in [0.5, 0.6) is 0 Å². The van der Waals surface area contributed by atoms with Gasteiger partial charge in [0.2, 0.25) is 5.91 Å². The first-order valence-corrected chi connectivity index (χ1v) is 7.48. The van der Waals surface area contributed by atoms with Crippen molar-refractivity contribution in [2.45, 2.75) is 25.7 Å². The molecule has 1 amide bonds. The van der Waals surface area contributed by atoms with E-state index in [1.54, 1.807) is 0 Å². The zero-order valence-electron chi connectivity index (χ0n) is 11.6. The number of nitrogens with zero attached hydrogens (tertiary/aromatic N) is 1. The normalized spacial score (nSPS) is 16.4. The van der Waals surface area contributed by atoms with Gasteiger partial charge in [0, 0.05) is 5.56 Å². The monoisotopic (exact) mass is 291 g/mol. The molecule has 0 unspecified atom stereocenters. The Kier molecular flexibility index (Phi) is 5.49. The average molecular weight is 291 g/mol. The van der Waals surface area contributed by atoms with Crippen molar-refractivity contribution in [2.75, 3.05) is 25.0 Å². The molecule has 1 heterocycles. The van der Waals surface area contributed by atoms with Crippen LogP contribution in [0, 0.1) is 0 Å². The SMILES string of the molecule is NC(=S)c1ccccc1NC(=O)CN1CCCCCC1. The highest BCUT2D eigenvalue weighted by Gasteiger charge is 2.14. The van der Waals surface area contributed by atoms with Crippen LogP contribution < -0.4 is 11.1 Å². The largest absolute Gasteiger partial charge is 0.389 e. The van der Waals surface area contributed by atoms with E-state index in [2.05, 4.69) is 10.2 Å². The van der Waals surface area contributed by atoms with E-state index in [4.69, 9.17) is 18.0 Å². The molecule has 1 aliphatic heterocycles. The van der Waals surface area contributed by atoms with E-state index in [0.29, 0.717) is 22.8 Å². The molecule has 1 saturated heterocycles. The van der Waals surface area contributed by atoms with Crippen molar-refractivity contribution in [2.24, 2.45) is 5.73 Å². The second kappa shape index (κ2) is 7.36. The molecule has 4 nitrogen and oxygen atoms in total. The summed E-state index contributed by atoms with van der Waals surface area (Å²) in [5, 5.41) is 2.91. The van der Waals surface area contributed by atoms with Crippen LogP contribution >= 0.6 is 12.2 Å². The number of carbonyl (C=O) groups is 1. The fourth-order valence-electron chi connectivity index (χ4n) is 2.49. The average Bonchev–Trinajstić information content (AvgIpc) is 2.67. The minimum atomic E-state index is -0.00407. The van der Waals surface area contributed by atoms with Crippen molar-refractivity contribution in [3.8, 4) is 0 Å². The van der Waals surface area contributed by atoms with Gasteiger partial charge in [-0.25, -0.2) is 0 Å². The molecule has 0 atom stereocenters. The van der Waals surface area contributed by atoms with Crippen LogP contribution in [-0.2, 0) is 4.79 Å². The summed E-state index contributed by atoms with van der Waals surface area (Å²) in [4.78, 5) is 14.6. The summed E-state index contributed by atoms with van der Waals surface area (Å²) < 4.78 is 0. The standard InChI is InChI=1S/C15H21N3OS/c16-15(20)12-7-3-4-8-13(12)17-14(19)11-18-9-5-1-2-6-10-18/h3-4,7-8H,1-2,5-6,9-11H2,(H2,16,20)(H,17,19). The molecule has 0 radical (unpaired) electrons. The third kappa shape index (κ3) is 4.28. The number of hydrogen-bond donors (Lipinski definition) is 2. The Morgan fingerprint density at radius 3 is 2.50 bits per heavy atom. The van der Waals surface area contributed by atoms with Crippen molar-refractivity contribution >= 4 is 28.8 Å². The number of hydrogen-bond acceptors (Lipinski definition) is 3. The number of thiocarbonyl (C=S) groups is 1. The van der Waals surface area contributed by atoms with Gasteiger partial charge < -0.3 is 11.1 Å². The number of benzene rings is 1. The molecule has 0 aliphatic carbocycles. The molecule has 0 bridgehead atoms. The lowest BCUT2D eigenvalue weighted by molar-refractivity contribution is -0.117. The number of rotatable bonds is 4. The zero-order chi connectivity index (χ0) is 14.4. The summed E-state index contributed by atoms with van der Waals surface area (Å²) in [5.41, 5.74) is 7.07. The molecule has 1 aromatic rings. The second-order valence-electron chi connectivity index (χ2n) is 5.15. The van der Waals surface area contributed by atoms with Crippen LogP contribution in [0.1, 0.15) is 31.2 Å². The van der Waals surface area contributed by atoms with Gasteiger partial charge in [0.1, 0.15) is 4.99 Å². The first kappa shape index (κ1) is 14.9. The highest BCUT2D eigenvalue weighted by atomic mass is 32.1. The van der Waals surface area contributed by atoms with E-state index in [1.807, 2.05) is 24.3 Å². The number of anilines is 1. The number of carbonyl (C=O) groups excluding carboxylic acids is 1. The van der Waals surface area contributed by atoms with Crippen molar-refractivity contribution in [3.63, 3.8) is 0 Å². The minimum absolute atomic E-state index is 0.00407. The fraction of sp³-hybridized carbons (Fsp3) is 0.467. The van der Waals surface area contributed by atoms with Gasteiger partial charge in [0.15, 0.2) is 0 Å². The molecule has 1 aromatic carbocycles. The van der Waals surface area contributed by atoms with Crippen LogP contribution in [0.4, 0.5) is 5.69 Å². The topological polar surface area (TPSA) is 58.4 Å². The lowest BCUT2D eigenvalue weighted by Gasteiger charge is -2.19. The van der Waals surface area contributed by atoms with Crippen LogP contribution in [0.3, 0.4) is 0 Å². The van der Waals surface area contributed by atoms with E-state index in [1.165, 1.54) is 25.7 Å². The lowest BCUT2D eigenvalue weighted by Crippen LogP contribution is -2.34. The quantitative estimate of drug-likeness (QED) is 0.835. The van der Waals surface area contributed by atoms with Gasteiger partial charge in [-0.1, -0.05) is 37.2 Å². The van der Waals surface area contributed by atoms with Crippen molar-refractivity contribution in [3.05, 3.63) is 29.8 Å². The first-order valence-electron chi connectivity index (χ1n) is 7.08. The summed E-state index contributed by atoms with van der Waals surface area (Å²) in [6, 6.07) is 7.38. The van der Waals surface area contributed by atoms with E-state index in [0.717, 1.165) is 13.1 Å². The third-order valence-corrected chi connectivity index (χ3v) is 3.75. The van der Waals surface area contributed by atoms with E-state index in [9.17, 15) is 4.79 Å². The fourth-order valence-corrected chi connectivity index (χ4v) is 2.67. The van der Waals surface area contributed by atoms with Crippen molar-refractivity contribution in [1.29, 1.82) is 0 Å². The summed E-state index contributed by atoms with van der Waals surface area (Å²) in [6.45, 7) is 2.44. The van der Waals surface area contributed by atoms with Gasteiger partial charge >= 0.3 is 0 Å². The number of nitrogens with one attached hydrogen (secondary N) is 1. The predicted molar refractivity (Wildman–Crippen MR) is 85.9 cm³/mol. The van der Waals surface area contributed by atoms with Gasteiger partial charge in [-0.15, -0.1) is 0 Å². The molecular weight excluding hydrogens is 270 g/mol. The Morgan fingerprint density at radius 1 is 1.20 bits per heavy atom. The van der Waals surface area contributed by atoms with Gasteiger partial charge in [-0.05, 0) is 38.1 Å². The number of para-hydroxylation sites is 1. The molecule has 108 valence electrons. The number of nitrogens with two attached hydrogens (primary N) is 1. The number of likely N-dealkylation sites (tertiary alicyclic amines) is 1. The summed E-state index contributed by atoms with van der Waals surface area (Å²) in [5.74, 6) is -0.00407. The predicted octanol–water partition coefficient (Wildman–Crippen LogP) is 2.14. The molecule has 0 spiro atoms. The molecule has 0 aromatic heterocycles.